The fraction of sp³-hybridized carbons (Fsp3) is 0.214. The lowest BCUT2D eigenvalue weighted by Crippen LogP contribution is -2.36. The van der Waals surface area contributed by atoms with Crippen LogP contribution in [0.25, 0.3) is 0 Å². The van der Waals surface area contributed by atoms with Gasteiger partial charge in [0, 0.05) is 25.6 Å². The first-order valence-electron chi connectivity index (χ1n) is 11.7. The molecule has 1 N–H and O–H groups in total. The second-order valence-electron chi connectivity index (χ2n) is 8.89. The third-order valence-corrected chi connectivity index (χ3v) is 6.33. The average molecular weight is 491 g/mol. The van der Waals surface area contributed by atoms with E-state index in [1.54, 1.807) is 29.2 Å². The molecule has 1 amide bonds. The quantitative estimate of drug-likeness (QED) is 0.341. The van der Waals surface area contributed by atoms with Gasteiger partial charge in [-0.1, -0.05) is 91.0 Å². The van der Waals surface area contributed by atoms with Gasteiger partial charge in [0.15, 0.2) is 11.7 Å². The molecule has 0 fully saturated rings. The van der Waals surface area contributed by atoms with Crippen LogP contribution < -0.4 is 5.32 Å². The van der Waals surface area contributed by atoms with Gasteiger partial charge in [-0.15, -0.1) is 0 Å². The number of benzene rings is 3. The van der Waals surface area contributed by atoms with Crippen LogP contribution in [0, 0.1) is 0 Å². The number of nitrogens with one attached hydrogen (secondary N) is 1. The van der Waals surface area contributed by atoms with Gasteiger partial charge < -0.3 is 10.2 Å². The zero-order valence-electron chi connectivity index (χ0n) is 19.4. The molecule has 0 aliphatic carbocycles. The lowest BCUT2D eigenvalue weighted by molar-refractivity contribution is -0.173. The summed E-state index contributed by atoms with van der Waals surface area (Å²) in [6.07, 6.45) is -4.72. The van der Waals surface area contributed by atoms with Crippen LogP contribution in [0.5, 0.6) is 0 Å². The summed E-state index contributed by atoms with van der Waals surface area (Å²) < 4.78 is 43.1. The number of fused-ring (bicyclic) bond motifs is 1. The molecule has 2 heterocycles. The molecular formula is C28H25F3N4O. The Balaban J connectivity index is 1.47. The van der Waals surface area contributed by atoms with Crippen molar-refractivity contribution in [3.05, 3.63) is 119 Å². The molecule has 2 atom stereocenters. The van der Waals surface area contributed by atoms with Crippen LogP contribution >= 0.6 is 0 Å². The minimum absolute atomic E-state index is 0.0210. The number of halogens is 3. The first-order valence-corrected chi connectivity index (χ1v) is 11.7. The fourth-order valence-corrected chi connectivity index (χ4v) is 4.55. The number of carbonyl (C=O) groups is 1. The number of carbonyl (C=O) groups excluding carboxylic acids is 1. The van der Waals surface area contributed by atoms with E-state index in [1.807, 2.05) is 66.7 Å². The number of anilines is 1. The number of alkyl halides is 3. The first-order chi connectivity index (χ1) is 17.4. The molecule has 1 aliphatic heterocycles. The highest BCUT2D eigenvalue weighted by Gasteiger charge is 2.47. The summed E-state index contributed by atoms with van der Waals surface area (Å²) >= 11 is 0. The Labute approximate surface area is 207 Å². The number of nitrogens with zero attached hydrogens (tertiary/aromatic N) is 3. The van der Waals surface area contributed by atoms with Crippen LogP contribution in [0.4, 0.5) is 19.0 Å². The number of hydrogen-bond donors (Lipinski definition) is 1. The molecule has 3 aromatic carbocycles. The number of amides is 1. The molecular weight excluding hydrogens is 465 g/mol. The summed E-state index contributed by atoms with van der Waals surface area (Å²) in [6.45, 7) is 0.610. The maximum Gasteiger partial charge on any atom is 0.410 e. The van der Waals surface area contributed by atoms with Crippen molar-refractivity contribution in [1.29, 1.82) is 0 Å². The Morgan fingerprint density at radius 3 is 1.94 bits per heavy atom. The van der Waals surface area contributed by atoms with Gasteiger partial charge in [-0.25, -0.2) is 4.68 Å². The van der Waals surface area contributed by atoms with Crippen LogP contribution in [0.3, 0.4) is 0 Å². The fourth-order valence-electron chi connectivity index (χ4n) is 4.55. The van der Waals surface area contributed by atoms with E-state index in [-0.39, 0.29) is 17.9 Å². The monoisotopic (exact) mass is 490 g/mol. The Bertz CT molecular complexity index is 1270. The molecule has 0 spiro atoms. The van der Waals surface area contributed by atoms with Gasteiger partial charge >= 0.3 is 6.18 Å². The van der Waals surface area contributed by atoms with E-state index in [9.17, 15) is 18.0 Å². The van der Waals surface area contributed by atoms with Crippen molar-refractivity contribution in [3.63, 3.8) is 0 Å². The second kappa shape index (κ2) is 9.89. The van der Waals surface area contributed by atoms with Crippen molar-refractivity contribution in [2.45, 2.75) is 37.8 Å². The Hall–Kier alpha value is -4.07. The lowest BCUT2D eigenvalue weighted by atomic mass is 9.97. The van der Waals surface area contributed by atoms with Crippen molar-refractivity contribution in [2.75, 3.05) is 5.32 Å². The van der Waals surface area contributed by atoms with Gasteiger partial charge in [-0.05, 0) is 16.7 Å². The maximum atomic E-state index is 14.1. The molecule has 1 aliphatic rings. The first kappa shape index (κ1) is 23.7. The minimum atomic E-state index is -4.51. The maximum absolute atomic E-state index is 14.1. The van der Waals surface area contributed by atoms with Crippen LogP contribution in [0.15, 0.2) is 97.1 Å². The summed E-state index contributed by atoms with van der Waals surface area (Å²) in [6, 6.07) is 27.0. The standard InChI is InChI=1S/C28H25F3N4O/c29-28(30,31)25-16-23(22-14-8-3-9-15-22)32-26-17-24(33-35(25)26)27(36)34(18-20-10-4-1-5-11-20)19-21-12-6-2-7-13-21/h1-15,17,23,25,32H,16,18-19H2/t23-,25-/m1/s1. The van der Waals surface area contributed by atoms with Crippen molar-refractivity contribution >= 4 is 11.7 Å². The molecule has 5 nitrogen and oxygen atoms in total. The molecule has 0 unspecified atom stereocenters. The summed E-state index contributed by atoms with van der Waals surface area (Å²) in [7, 11) is 0. The smallest absolute Gasteiger partial charge is 0.363 e. The average Bonchev–Trinajstić information content (AvgIpc) is 3.32. The predicted octanol–water partition coefficient (Wildman–Crippen LogP) is 6.39. The number of aromatic nitrogens is 2. The summed E-state index contributed by atoms with van der Waals surface area (Å²) in [5.41, 5.74) is 2.57. The zero-order chi connectivity index (χ0) is 25.1. The number of rotatable bonds is 6. The normalized spacial score (nSPS) is 17.2. The Kier molecular flexibility index (Phi) is 6.50. The van der Waals surface area contributed by atoms with Crippen molar-refractivity contribution in [1.82, 2.24) is 14.7 Å². The van der Waals surface area contributed by atoms with E-state index < -0.39 is 24.2 Å². The summed E-state index contributed by atoms with van der Waals surface area (Å²) in [5.74, 6) is -0.247. The van der Waals surface area contributed by atoms with Gasteiger partial charge in [0.1, 0.15) is 5.82 Å². The third-order valence-electron chi connectivity index (χ3n) is 6.33. The molecule has 5 rings (SSSR count). The minimum Gasteiger partial charge on any atom is -0.363 e. The zero-order valence-corrected chi connectivity index (χ0v) is 19.4. The second-order valence-corrected chi connectivity index (χ2v) is 8.89. The lowest BCUT2D eigenvalue weighted by Gasteiger charge is -2.33. The topological polar surface area (TPSA) is 50.2 Å². The largest absolute Gasteiger partial charge is 0.410 e. The molecule has 0 bridgehead atoms. The van der Waals surface area contributed by atoms with Crippen LogP contribution in [-0.4, -0.2) is 26.8 Å². The van der Waals surface area contributed by atoms with Crippen LogP contribution in [0.1, 0.15) is 45.7 Å². The van der Waals surface area contributed by atoms with Gasteiger partial charge in [0.05, 0.1) is 6.04 Å². The van der Waals surface area contributed by atoms with Crippen molar-refractivity contribution in [3.8, 4) is 0 Å². The Morgan fingerprint density at radius 1 is 0.889 bits per heavy atom. The van der Waals surface area contributed by atoms with Crippen LogP contribution in [-0.2, 0) is 13.1 Å². The molecule has 36 heavy (non-hydrogen) atoms. The van der Waals surface area contributed by atoms with Crippen LogP contribution in [0.2, 0.25) is 0 Å². The highest BCUT2D eigenvalue weighted by molar-refractivity contribution is 5.93. The molecule has 0 radical (unpaired) electrons. The number of hydrogen-bond acceptors (Lipinski definition) is 3. The molecule has 0 saturated carbocycles. The van der Waals surface area contributed by atoms with E-state index in [1.165, 1.54) is 6.07 Å². The van der Waals surface area contributed by atoms with E-state index in [0.717, 1.165) is 21.4 Å². The van der Waals surface area contributed by atoms with E-state index in [4.69, 9.17) is 0 Å². The molecule has 8 heteroatoms. The third kappa shape index (κ3) is 5.12. The van der Waals surface area contributed by atoms with E-state index in [2.05, 4.69) is 10.4 Å². The summed E-state index contributed by atoms with van der Waals surface area (Å²) in [4.78, 5) is 15.2. The van der Waals surface area contributed by atoms with E-state index in [0.29, 0.717) is 13.1 Å². The summed E-state index contributed by atoms with van der Waals surface area (Å²) in [5, 5.41) is 7.33. The van der Waals surface area contributed by atoms with Gasteiger partial charge in [0.2, 0.25) is 0 Å². The molecule has 0 saturated heterocycles. The molecule has 4 aromatic rings. The molecule has 1 aromatic heterocycles. The highest BCUT2D eigenvalue weighted by Crippen LogP contribution is 2.43. The SMILES string of the molecule is O=C(c1cc2n(n1)[C@@H](C(F)(F)F)C[C@H](c1ccccc1)N2)N(Cc1ccccc1)Cc1ccccc1. The Morgan fingerprint density at radius 2 is 1.42 bits per heavy atom. The highest BCUT2D eigenvalue weighted by atomic mass is 19.4. The predicted molar refractivity (Wildman–Crippen MR) is 131 cm³/mol. The van der Waals surface area contributed by atoms with E-state index >= 15 is 0 Å². The molecule has 184 valence electrons. The van der Waals surface area contributed by atoms with Gasteiger partial charge in [-0.3, -0.25) is 4.79 Å². The van der Waals surface area contributed by atoms with Gasteiger partial charge in [0.25, 0.3) is 5.91 Å². The van der Waals surface area contributed by atoms with Gasteiger partial charge in [-0.2, -0.15) is 18.3 Å². The van der Waals surface area contributed by atoms with Crippen molar-refractivity contribution in [2.24, 2.45) is 0 Å². The van der Waals surface area contributed by atoms with Crippen molar-refractivity contribution < 1.29 is 18.0 Å².